The summed E-state index contributed by atoms with van der Waals surface area (Å²) < 4.78 is 29.1. The summed E-state index contributed by atoms with van der Waals surface area (Å²) in [6, 6.07) is 4.67. The van der Waals surface area contributed by atoms with Crippen molar-refractivity contribution in [2.75, 3.05) is 6.61 Å². The Labute approximate surface area is 100 Å². The second kappa shape index (κ2) is 4.16. The first-order valence-corrected chi connectivity index (χ1v) is 6.86. The van der Waals surface area contributed by atoms with Crippen LogP contribution < -0.4 is 0 Å². The van der Waals surface area contributed by atoms with Crippen LogP contribution >= 0.6 is 0 Å². The molecular weight excluding hydrogens is 240 g/mol. The summed E-state index contributed by atoms with van der Waals surface area (Å²) in [4.78, 5) is -0.0117. The lowest BCUT2D eigenvalue weighted by atomic mass is 10.1. The molecule has 17 heavy (non-hydrogen) atoms. The molecule has 0 atom stereocenters. The van der Waals surface area contributed by atoms with E-state index in [1.54, 1.807) is 12.1 Å². The quantitative estimate of drug-likeness (QED) is 0.895. The van der Waals surface area contributed by atoms with Gasteiger partial charge in [0.05, 0.1) is 12.7 Å². The number of aromatic hydroxyl groups is 1. The molecule has 0 aromatic heterocycles. The zero-order chi connectivity index (χ0) is 12.6. The van der Waals surface area contributed by atoms with E-state index in [1.807, 2.05) is 13.8 Å². The highest BCUT2D eigenvalue weighted by Crippen LogP contribution is 2.38. The monoisotopic (exact) mass is 254 g/mol. The molecule has 0 amide bonds. The minimum atomic E-state index is -3.53. The van der Waals surface area contributed by atoms with E-state index in [1.165, 1.54) is 11.5 Å². The largest absolute Gasteiger partial charge is 0.507 e. The normalized spacial score (nSPS) is 17.0. The van der Waals surface area contributed by atoms with Crippen LogP contribution in [0, 0.1) is 0 Å². The van der Waals surface area contributed by atoms with Gasteiger partial charge in [-0.1, -0.05) is 12.1 Å². The number of rotatable bonds is 3. The Kier molecular flexibility index (Phi) is 2.97. The van der Waals surface area contributed by atoms with Gasteiger partial charge in [-0.05, 0) is 25.5 Å². The molecule has 0 saturated heterocycles. The Morgan fingerprint density at radius 2 is 2.06 bits per heavy atom. The van der Waals surface area contributed by atoms with Crippen molar-refractivity contribution in [2.24, 2.45) is 0 Å². The molecule has 1 aliphatic rings. The fourth-order valence-electron chi connectivity index (χ4n) is 1.75. The van der Waals surface area contributed by atoms with E-state index in [0.29, 0.717) is 11.1 Å². The fraction of sp³-hybridized carbons (Fsp3) is 0.333. The molecule has 92 valence electrons. The maximum absolute atomic E-state index is 11.8. The second-order valence-corrected chi connectivity index (χ2v) is 5.94. The maximum Gasteiger partial charge on any atom is 0.204 e. The van der Waals surface area contributed by atoms with Crippen LogP contribution in [-0.4, -0.2) is 26.2 Å². The summed E-state index contributed by atoms with van der Waals surface area (Å²) in [5, 5.41) is 10.8. The van der Waals surface area contributed by atoms with E-state index < -0.39 is 9.84 Å². The first-order valence-electron chi connectivity index (χ1n) is 5.31. The fourth-order valence-corrected chi connectivity index (χ4v) is 3.31. The van der Waals surface area contributed by atoms with Gasteiger partial charge in [0.25, 0.3) is 0 Å². The standard InChI is InChI=1S/C12H14O4S/c1-8(2)16-6-9-7-17(14,15)12-10(9)4-3-5-11(12)13/h3-5,7-8,13H,6H2,1-2H3. The third-order valence-electron chi connectivity index (χ3n) is 2.49. The van der Waals surface area contributed by atoms with Crippen LogP contribution in [-0.2, 0) is 14.6 Å². The topological polar surface area (TPSA) is 63.6 Å². The molecule has 0 bridgehead atoms. The Bertz CT molecular complexity index is 570. The molecule has 0 saturated carbocycles. The van der Waals surface area contributed by atoms with Crippen molar-refractivity contribution in [3.8, 4) is 5.75 Å². The van der Waals surface area contributed by atoms with Crippen LogP contribution in [0.25, 0.3) is 5.57 Å². The second-order valence-electron chi connectivity index (χ2n) is 4.20. The maximum atomic E-state index is 11.8. The lowest BCUT2D eigenvalue weighted by molar-refractivity contribution is 0.107. The number of phenols is 1. The van der Waals surface area contributed by atoms with E-state index in [0.717, 1.165) is 0 Å². The van der Waals surface area contributed by atoms with Gasteiger partial charge < -0.3 is 9.84 Å². The highest BCUT2D eigenvalue weighted by molar-refractivity contribution is 7.95. The van der Waals surface area contributed by atoms with Gasteiger partial charge in [0, 0.05) is 11.0 Å². The zero-order valence-electron chi connectivity index (χ0n) is 9.67. The number of hydrogen-bond acceptors (Lipinski definition) is 4. The van der Waals surface area contributed by atoms with E-state index >= 15 is 0 Å². The van der Waals surface area contributed by atoms with Crippen LogP contribution in [0.3, 0.4) is 0 Å². The first-order chi connectivity index (χ1) is 7.92. The number of fused-ring (bicyclic) bond motifs is 1. The van der Waals surface area contributed by atoms with Crippen molar-refractivity contribution in [2.45, 2.75) is 24.8 Å². The molecule has 5 heteroatoms. The molecule has 1 aromatic rings. The molecule has 0 fully saturated rings. The van der Waals surface area contributed by atoms with Crippen molar-refractivity contribution in [3.63, 3.8) is 0 Å². The zero-order valence-corrected chi connectivity index (χ0v) is 10.5. The first kappa shape index (κ1) is 12.1. The Balaban J connectivity index is 2.44. The van der Waals surface area contributed by atoms with Crippen molar-refractivity contribution in [1.29, 1.82) is 0 Å². The average molecular weight is 254 g/mol. The molecule has 0 unspecified atom stereocenters. The van der Waals surface area contributed by atoms with Gasteiger partial charge in [-0.15, -0.1) is 0 Å². The van der Waals surface area contributed by atoms with Crippen LogP contribution in [0.2, 0.25) is 0 Å². The highest BCUT2D eigenvalue weighted by atomic mass is 32.2. The SMILES string of the molecule is CC(C)OCC1=CS(=O)(=O)c2c(O)cccc21. The lowest BCUT2D eigenvalue weighted by Gasteiger charge is -2.09. The number of phenolic OH excluding ortho intramolecular Hbond substituents is 1. The van der Waals surface area contributed by atoms with Crippen LogP contribution in [0.15, 0.2) is 28.5 Å². The van der Waals surface area contributed by atoms with Gasteiger partial charge in [0.2, 0.25) is 9.84 Å². The Morgan fingerprint density at radius 3 is 2.71 bits per heavy atom. The molecule has 1 heterocycles. The van der Waals surface area contributed by atoms with Gasteiger partial charge in [0.1, 0.15) is 10.6 Å². The minimum Gasteiger partial charge on any atom is -0.507 e. The highest BCUT2D eigenvalue weighted by Gasteiger charge is 2.29. The number of benzene rings is 1. The van der Waals surface area contributed by atoms with E-state index in [9.17, 15) is 13.5 Å². The third kappa shape index (κ3) is 2.21. The van der Waals surface area contributed by atoms with Gasteiger partial charge in [-0.2, -0.15) is 0 Å². The van der Waals surface area contributed by atoms with Gasteiger partial charge >= 0.3 is 0 Å². The van der Waals surface area contributed by atoms with Crippen LogP contribution in [0.1, 0.15) is 19.4 Å². The molecule has 0 aliphatic carbocycles. The summed E-state index contributed by atoms with van der Waals surface area (Å²) in [5.41, 5.74) is 1.12. The molecule has 1 aliphatic heterocycles. The summed E-state index contributed by atoms with van der Waals surface area (Å²) in [5.74, 6) is -0.210. The predicted molar refractivity (Wildman–Crippen MR) is 64.4 cm³/mol. The van der Waals surface area contributed by atoms with Crippen LogP contribution in [0.5, 0.6) is 5.75 Å². The van der Waals surface area contributed by atoms with Crippen molar-refractivity contribution < 1.29 is 18.3 Å². The van der Waals surface area contributed by atoms with E-state index in [-0.39, 0.29) is 23.4 Å². The smallest absolute Gasteiger partial charge is 0.204 e. The molecule has 0 radical (unpaired) electrons. The van der Waals surface area contributed by atoms with Crippen molar-refractivity contribution in [1.82, 2.24) is 0 Å². The number of hydrogen-bond donors (Lipinski definition) is 1. The molecular formula is C12H14O4S. The molecule has 0 spiro atoms. The molecule has 2 rings (SSSR count). The Morgan fingerprint density at radius 1 is 1.35 bits per heavy atom. The predicted octanol–water partition coefficient (Wildman–Crippen LogP) is 1.95. The summed E-state index contributed by atoms with van der Waals surface area (Å²) in [6.45, 7) is 3.99. The minimum absolute atomic E-state index is 0.0117. The van der Waals surface area contributed by atoms with Gasteiger partial charge in [-0.3, -0.25) is 0 Å². The summed E-state index contributed by atoms with van der Waals surface area (Å²) in [7, 11) is -3.53. The number of ether oxygens (including phenoxy) is 1. The number of sulfone groups is 1. The average Bonchev–Trinajstić information content (AvgIpc) is 2.49. The third-order valence-corrected chi connectivity index (χ3v) is 4.09. The summed E-state index contributed by atoms with van der Waals surface area (Å²) >= 11 is 0. The van der Waals surface area contributed by atoms with E-state index in [4.69, 9.17) is 4.74 Å². The molecule has 4 nitrogen and oxygen atoms in total. The van der Waals surface area contributed by atoms with Gasteiger partial charge in [0.15, 0.2) is 0 Å². The Hall–Kier alpha value is -1.33. The van der Waals surface area contributed by atoms with Gasteiger partial charge in [-0.25, -0.2) is 8.42 Å². The summed E-state index contributed by atoms with van der Waals surface area (Å²) in [6.07, 6.45) is 0.0277. The van der Waals surface area contributed by atoms with E-state index in [2.05, 4.69) is 0 Å². The van der Waals surface area contributed by atoms with Crippen LogP contribution in [0.4, 0.5) is 0 Å². The molecule has 1 aromatic carbocycles. The van der Waals surface area contributed by atoms with Crippen molar-refractivity contribution in [3.05, 3.63) is 29.2 Å². The lowest BCUT2D eigenvalue weighted by Crippen LogP contribution is -2.04. The molecule has 1 N–H and O–H groups in total. The van der Waals surface area contributed by atoms with Crippen molar-refractivity contribution >= 4 is 15.4 Å².